The van der Waals surface area contributed by atoms with Crippen LogP contribution in [-0.4, -0.2) is 20.8 Å². The van der Waals surface area contributed by atoms with Gasteiger partial charge in [0.25, 0.3) is 5.56 Å². The molecule has 0 saturated carbocycles. The number of ether oxygens (including phenoxy) is 1. The number of hydrogen-bond donors (Lipinski definition) is 2. The third kappa shape index (κ3) is 4.82. The van der Waals surface area contributed by atoms with E-state index in [1.807, 2.05) is 0 Å². The molecule has 3 rings (SSSR count). The molecule has 0 fully saturated rings. The van der Waals surface area contributed by atoms with Crippen molar-refractivity contribution in [3.8, 4) is 11.6 Å². The lowest BCUT2D eigenvalue weighted by molar-refractivity contribution is 0.194. The van der Waals surface area contributed by atoms with Crippen molar-refractivity contribution in [2.45, 2.75) is 20.1 Å². The van der Waals surface area contributed by atoms with E-state index in [1.54, 1.807) is 31.2 Å². The first-order valence-corrected chi connectivity index (χ1v) is 9.47. The molecule has 156 valence electrons. The SMILES string of the molecule is Cc1nc(OCc2ccc(F)cc2F)c(Br)c(=O)n1-c1cccc(CNC(=O)O)c1. The van der Waals surface area contributed by atoms with E-state index in [0.29, 0.717) is 17.1 Å². The van der Waals surface area contributed by atoms with Crippen molar-refractivity contribution in [1.82, 2.24) is 14.9 Å². The van der Waals surface area contributed by atoms with Gasteiger partial charge >= 0.3 is 6.09 Å². The molecule has 2 N–H and O–H groups in total. The highest BCUT2D eigenvalue weighted by molar-refractivity contribution is 9.10. The van der Waals surface area contributed by atoms with Crippen molar-refractivity contribution in [2.24, 2.45) is 0 Å². The fourth-order valence-corrected chi connectivity index (χ4v) is 3.13. The maximum atomic E-state index is 13.8. The summed E-state index contributed by atoms with van der Waals surface area (Å²) in [7, 11) is 0. The number of benzene rings is 2. The first-order chi connectivity index (χ1) is 14.3. The molecule has 0 aliphatic rings. The van der Waals surface area contributed by atoms with Crippen molar-refractivity contribution >= 4 is 22.0 Å². The van der Waals surface area contributed by atoms with Gasteiger partial charge in [0.15, 0.2) is 0 Å². The second-order valence-corrected chi connectivity index (χ2v) is 7.06. The number of carboxylic acid groups (broad SMARTS) is 1. The lowest BCUT2D eigenvalue weighted by atomic mass is 10.2. The van der Waals surface area contributed by atoms with E-state index in [4.69, 9.17) is 9.84 Å². The van der Waals surface area contributed by atoms with E-state index in [1.165, 1.54) is 10.6 Å². The molecule has 0 saturated heterocycles. The van der Waals surface area contributed by atoms with Crippen molar-refractivity contribution in [1.29, 1.82) is 0 Å². The average molecular weight is 480 g/mol. The predicted molar refractivity (Wildman–Crippen MR) is 108 cm³/mol. The van der Waals surface area contributed by atoms with Gasteiger partial charge in [0.2, 0.25) is 5.88 Å². The quantitative estimate of drug-likeness (QED) is 0.558. The monoisotopic (exact) mass is 479 g/mol. The molecule has 2 aromatic carbocycles. The summed E-state index contributed by atoms with van der Waals surface area (Å²) in [5, 5.41) is 11.0. The van der Waals surface area contributed by atoms with Gasteiger partial charge in [-0.1, -0.05) is 12.1 Å². The van der Waals surface area contributed by atoms with Gasteiger partial charge in [0.1, 0.15) is 28.5 Å². The molecule has 0 unspecified atom stereocenters. The van der Waals surface area contributed by atoms with Crippen molar-refractivity contribution < 1.29 is 23.4 Å². The summed E-state index contributed by atoms with van der Waals surface area (Å²) in [6, 6.07) is 9.86. The number of rotatable bonds is 6. The minimum atomic E-state index is -1.16. The number of aryl methyl sites for hydroxylation is 1. The van der Waals surface area contributed by atoms with Gasteiger partial charge in [-0.05, 0) is 52.7 Å². The molecular weight excluding hydrogens is 464 g/mol. The molecule has 1 amide bonds. The first kappa shape index (κ1) is 21.4. The smallest absolute Gasteiger partial charge is 0.404 e. The number of aromatic nitrogens is 2. The minimum Gasteiger partial charge on any atom is -0.472 e. The topological polar surface area (TPSA) is 93.5 Å². The summed E-state index contributed by atoms with van der Waals surface area (Å²) in [5.74, 6) is -1.18. The van der Waals surface area contributed by atoms with E-state index in [9.17, 15) is 18.4 Å². The minimum absolute atomic E-state index is 0.0267. The zero-order chi connectivity index (χ0) is 21.8. The highest BCUT2D eigenvalue weighted by Crippen LogP contribution is 2.22. The van der Waals surface area contributed by atoms with Crippen LogP contribution in [0.25, 0.3) is 5.69 Å². The van der Waals surface area contributed by atoms with E-state index < -0.39 is 23.3 Å². The largest absolute Gasteiger partial charge is 0.472 e. The Hall–Kier alpha value is -3.27. The fraction of sp³-hybridized carbons (Fsp3) is 0.150. The first-order valence-electron chi connectivity index (χ1n) is 8.68. The number of hydrogen-bond acceptors (Lipinski definition) is 4. The number of carbonyl (C=O) groups is 1. The van der Waals surface area contributed by atoms with E-state index in [-0.39, 0.29) is 29.1 Å². The summed E-state index contributed by atoms with van der Waals surface area (Å²) in [5.41, 5.74) is 0.807. The van der Waals surface area contributed by atoms with Crippen LogP contribution in [0.5, 0.6) is 5.88 Å². The molecule has 1 heterocycles. The number of nitrogens with one attached hydrogen (secondary N) is 1. The van der Waals surface area contributed by atoms with Crippen LogP contribution in [-0.2, 0) is 13.2 Å². The Bertz CT molecular complexity index is 1170. The molecule has 0 aliphatic heterocycles. The Kier molecular flexibility index (Phi) is 6.46. The molecule has 0 bridgehead atoms. The number of nitrogens with zero attached hydrogens (tertiary/aromatic N) is 2. The third-order valence-corrected chi connectivity index (χ3v) is 4.84. The number of amides is 1. The molecule has 3 aromatic rings. The maximum absolute atomic E-state index is 13.8. The van der Waals surface area contributed by atoms with Gasteiger partial charge in [-0.25, -0.2) is 13.6 Å². The summed E-state index contributed by atoms with van der Waals surface area (Å²) in [6.07, 6.45) is -1.16. The van der Waals surface area contributed by atoms with Crippen LogP contribution in [0.1, 0.15) is 17.0 Å². The van der Waals surface area contributed by atoms with Crippen LogP contribution in [0.4, 0.5) is 13.6 Å². The molecule has 1 aromatic heterocycles. The van der Waals surface area contributed by atoms with Crippen LogP contribution >= 0.6 is 15.9 Å². The third-order valence-electron chi connectivity index (χ3n) is 4.16. The molecule has 30 heavy (non-hydrogen) atoms. The summed E-state index contributed by atoms with van der Waals surface area (Å²) >= 11 is 3.17. The van der Waals surface area contributed by atoms with Crippen LogP contribution in [0.3, 0.4) is 0 Å². The van der Waals surface area contributed by atoms with Gasteiger partial charge in [-0.3, -0.25) is 9.36 Å². The van der Waals surface area contributed by atoms with E-state index >= 15 is 0 Å². The standard InChI is InChI=1S/C20H16BrF2N3O4/c1-11-25-18(30-10-13-5-6-14(22)8-16(13)23)17(21)19(27)26(11)15-4-2-3-12(7-15)9-24-20(28)29/h2-8,24H,9-10H2,1H3,(H,28,29). The highest BCUT2D eigenvalue weighted by atomic mass is 79.9. The number of halogens is 3. The molecule has 0 radical (unpaired) electrons. The predicted octanol–water partition coefficient (Wildman–Crippen LogP) is 3.93. The maximum Gasteiger partial charge on any atom is 0.404 e. The van der Waals surface area contributed by atoms with Crippen LogP contribution in [0, 0.1) is 18.6 Å². The fourth-order valence-electron chi connectivity index (χ4n) is 2.75. The lowest BCUT2D eigenvalue weighted by Crippen LogP contribution is -2.24. The molecule has 0 atom stereocenters. The summed E-state index contributed by atoms with van der Waals surface area (Å²) in [6.45, 7) is 1.44. The Morgan fingerprint density at radius 2 is 2.03 bits per heavy atom. The Morgan fingerprint density at radius 3 is 2.73 bits per heavy atom. The Balaban J connectivity index is 1.89. The molecular formula is C20H16BrF2N3O4. The Morgan fingerprint density at radius 1 is 1.27 bits per heavy atom. The van der Waals surface area contributed by atoms with Crippen LogP contribution in [0.15, 0.2) is 51.7 Å². The van der Waals surface area contributed by atoms with Gasteiger partial charge < -0.3 is 15.2 Å². The van der Waals surface area contributed by atoms with Crippen molar-refractivity contribution in [3.63, 3.8) is 0 Å². The van der Waals surface area contributed by atoms with E-state index in [0.717, 1.165) is 12.1 Å². The molecule has 0 spiro atoms. The molecule has 10 heteroatoms. The second kappa shape index (κ2) is 9.04. The van der Waals surface area contributed by atoms with Crippen molar-refractivity contribution in [3.05, 3.63) is 85.9 Å². The molecule has 0 aliphatic carbocycles. The average Bonchev–Trinajstić information content (AvgIpc) is 2.69. The highest BCUT2D eigenvalue weighted by Gasteiger charge is 2.16. The van der Waals surface area contributed by atoms with Crippen LogP contribution < -0.4 is 15.6 Å². The van der Waals surface area contributed by atoms with Gasteiger partial charge in [-0.2, -0.15) is 4.98 Å². The normalized spacial score (nSPS) is 10.7. The van der Waals surface area contributed by atoms with Gasteiger partial charge in [-0.15, -0.1) is 0 Å². The van der Waals surface area contributed by atoms with Crippen molar-refractivity contribution in [2.75, 3.05) is 0 Å². The summed E-state index contributed by atoms with van der Waals surface area (Å²) < 4.78 is 33.7. The molecule has 7 nitrogen and oxygen atoms in total. The van der Waals surface area contributed by atoms with Gasteiger partial charge in [0.05, 0.1) is 5.69 Å². The Labute approximate surface area is 178 Å². The zero-order valence-electron chi connectivity index (χ0n) is 15.7. The van der Waals surface area contributed by atoms with E-state index in [2.05, 4.69) is 26.2 Å². The second-order valence-electron chi connectivity index (χ2n) is 6.27. The zero-order valence-corrected chi connectivity index (χ0v) is 17.2. The van der Waals surface area contributed by atoms with Gasteiger partial charge in [0, 0.05) is 18.2 Å². The summed E-state index contributed by atoms with van der Waals surface area (Å²) in [4.78, 5) is 27.8. The lowest BCUT2D eigenvalue weighted by Gasteiger charge is -2.14. The van der Waals surface area contributed by atoms with Crippen LogP contribution in [0.2, 0.25) is 0 Å².